The predicted molar refractivity (Wildman–Crippen MR) is 171 cm³/mol. The summed E-state index contributed by atoms with van der Waals surface area (Å²) in [5.41, 5.74) is 6.79. The quantitative estimate of drug-likeness (QED) is 0.125. The van der Waals surface area contributed by atoms with Crippen LogP contribution in [0.2, 0.25) is 0 Å². The van der Waals surface area contributed by atoms with Crippen LogP contribution in [0.15, 0.2) is 97.1 Å². The first-order valence-electron chi connectivity index (χ1n) is 14.9. The number of carbonyl (C=O) groups excluding carboxylic acids is 1. The normalized spacial score (nSPS) is 10.7. The minimum atomic E-state index is -0.273. The molecule has 4 rings (SSSR count). The Hall–Kier alpha value is -4.29. The Kier molecular flexibility index (Phi) is 12.3. The average molecular weight is 566 g/mol. The zero-order valence-corrected chi connectivity index (χ0v) is 24.8. The molecule has 0 saturated heterocycles. The third-order valence-electron chi connectivity index (χ3n) is 7.14. The molecule has 3 N–H and O–H groups in total. The van der Waals surface area contributed by atoms with Gasteiger partial charge in [-0.1, -0.05) is 86.1 Å². The van der Waals surface area contributed by atoms with Gasteiger partial charge in [-0.3, -0.25) is 0 Å². The molecule has 0 atom stereocenters. The monoisotopic (exact) mass is 565 g/mol. The molecule has 6 heteroatoms. The molecule has 4 aromatic rings. The number of carbonyl (C=O) groups is 1. The first-order chi connectivity index (χ1) is 20.6. The van der Waals surface area contributed by atoms with Gasteiger partial charge in [0.25, 0.3) is 0 Å². The van der Waals surface area contributed by atoms with Gasteiger partial charge in [0.1, 0.15) is 24.7 Å². The van der Waals surface area contributed by atoms with Crippen LogP contribution in [0.4, 0.5) is 10.5 Å². The number of nitrogens with one attached hydrogen (secondary N) is 3. The molecule has 0 bridgehead atoms. The molecule has 0 fully saturated rings. The first kappa shape index (κ1) is 30.7. The number of hydrogen-bond donors (Lipinski definition) is 3. The van der Waals surface area contributed by atoms with Crippen molar-refractivity contribution in [3.8, 4) is 11.5 Å². The smallest absolute Gasteiger partial charge is 0.319 e. The van der Waals surface area contributed by atoms with Crippen molar-refractivity contribution in [1.82, 2.24) is 10.6 Å². The van der Waals surface area contributed by atoms with Crippen LogP contribution in [0, 0.1) is 0 Å². The Balaban J connectivity index is 1.29. The molecule has 220 valence electrons. The van der Waals surface area contributed by atoms with Crippen molar-refractivity contribution in [3.05, 3.63) is 125 Å². The maximum absolute atomic E-state index is 12.1. The summed E-state index contributed by atoms with van der Waals surface area (Å²) in [6.07, 6.45) is 5.21. The van der Waals surface area contributed by atoms with Crippen LogP contribution < -0.4 is 25.4 Å². The van der Waals surface area contributed by atoms with E-state index in [0.717, 1.165) is 49.2 Å². The second kappa shape index (κ2) is 16.8. The highest BCUT2D eigenvalue weighted by atomic mass is 16.5. The summed E-state index contributed by atoms with van der Waals surface area (Å²) >= 11 is 0. The molecule has 0 radical (unpaired) electrons. The molecule has 4 aromatic carbocycles. The molecule has 0 unspecified atom stereocenters. The summed E-state index contributed by atoms with van der Waals surface area (Å²) < 4.78 is 12.1. The van der Waals surface area contributed by atoms with E-state index in [9.17, 15) is 4.79 Å². The maximum atomic E-state index is 12.1. The fourth-order valence-corrected chi connectivity index (χ4v) is 4.73. The number of urea groups is 1. The van der Waals surface area contributed by atoms with Gasteiger partial charge < -0.3 is 25.4 Å². The van der Waals surface area contributed by atoms with Gasteiger partial charge in [-0.15, -0.1) is 0 Å². The lowest BCUT2D eigenvalue weighted by atomic mass is 9.99. The zero-order chi connectivity index (χ0) is 29.4. The number of aryl methyl sites for hydroxylation is 1. The molecule has 0 spiro atoms. The van der Waals surface area contributed by atoms with Gasteiger partial charge in [0, 0.05) is 7.05 Å². The molecule has 0 saturated carbocycles. The van der Waals surface area contributed by atoms with Crippen molar-refractivity contribution in [2.75, 3.05) is 25.5 Å². The number of unbranched alkanes of at least 4 members (excludes halogenated alkanes) is 1. The average Bonchev–Trinajstić information content (AvgIpc) is 3.03. The summed E-state index contributed by atoms with van der Waals surface area (Å²) in [7, 11) is 1.60. The third-order valence-corrected chi connectivity index (χ3v) is 7.14. The van der Waals surface area contributed by atoms with Crippen molar-refractivity contribution in [2.45, 2.75) is 52.2 Å². The molecule has 2 amide bonds. The lowest BCUT2D eigenvalue weighted by Crippen LogP contribution is -2.25. The van der Waals surface area contributed by atoms with E-state index in [1.54, 1.807) is 7.05 Å². The van der Waals surface area contributed by atoms with Crippen LogP contribution in [-0.4, -0.2) is 26.2 Å². The molecule has 6 nitrogen and oxygen atoms in total. The molecule has 0 heterocycles. The second-order valence-electron chi connectivity index (χ2n) is 10.4. The Labute approximate surface area is 250 Å². The highest BCUT2D eigenvalue weighted by Gasteiger charge is 2.10. The van der Waals surface area contributed by atoms with Crippen LogP contribution in [0.1, 0.15) is 47.6 Å². The number of rotatable bonds is 16. The van der Waals surface area contributed by atoms with Crippen LogP contribution >= 0.6 is 0 Å². The Morgan fingerprint density at radius 1 is 0.690 bits per heavy atom. The van der Waals surface area contributed by atoms with Gasteiger partial charge in [-0.25, -0.2) is 4.79 Å². The summed E-state index contributed by atoms with van der Waals surface area (Å²) in [5.74, 6) is 1.58. The fraction of sp³-hybridized carbons (Fsp3) is 0.306. The van der Waals surface area contributed by atoms with Gasteiger partial charge in [-0.2, -0.15) is 0 Å². The standard InChI is InChI=1S/C36H43N3O3/c1-3-4-15-32-25-33(41-26-29-11-7-5-8-12-29)18-17-31(32)21-23-38-22-20-28-16-19-35(34(24-28)39-36(40)37-2)42-27-30-13-9-6-10-14-30/h5-14,16-19,24-25,38H,3-4,15,20-23,26-27H2,1-2H3,(H2,37,39,40). The van der Waals surface area contributed by atoms with E-state index in [1.165, 1.54) is 29.5 Å². The predicted octanol–water partition coefficient (Wildman–Crippen LogP) is 7.31. The lowest BCUT2D eigenvalue weighted by Gasteiger charge is -2.15. The van der Waals surface area contributed by atoms with E-state index in [0.29, 0.717) is 24.7 Å². The molecule has 0 aromatic heterocycles. The zero-order valence-electron chi connectivity index (χ0n) is 24.8. The van der Waals surface area contributed by atoms with Gasteiger partial charge >= 0.3 is 6.03 Å². The van der Waals surface area contributed by atoms with Gasteiger partial charge in [0.05, 0.1) is 5.69 Å². The topological polar surface area (TPSA) is 71.6 Å². The van der Waals surface area contributed by atoms with E-state index >= 15 is 0 Å². The summed E-state index contributed by atoms with van der Waals surface area (Å²) in [5, 5.41) is 9.12. The molecule has 0 aliphatic rings. The Bertz CT molecular complexity index is 1380. The number of hydrogen-bond acceptors (Lipinski definition) is 4. The van der Waals surface area contributed by atoms with E-state index in [2.05, 4.69) is 59.3 Å². The van der Waals surface area contributed by atoms with Crippen LogP contribution in [0.5, 0.6) is 11.5 Å². The summed E-state index contributed by atoms with van der Waals surface area (Å²) in [4.78, 5) is 12.1. The van der Waals surface area contributed by atoms with E-state index in [4.69, 9.17) is 9.47 Å². The third kappa shape index (κ3) is 9.96. The highest BCUT2D eigenvalue weighted by Crippen LogP contribution is 2.27. The minimum Gasteiger partial charge on any atom is -0.489 e. The number of amides is 2. The summed E-state index contributed by atoms with van der Waals surface area (Å²) in [6.45, 7) is 4.98. The fourth-order valence-electron chi connectivity index (χ4n) is 4.73. The lowest BCUT2D eigenvalue weighted by molar-refractivity contribution is 0.253. The number of anilines is 1. The van der Waals surface area contributed by atoms with Crippen LogP contribution in [0.25, 0.3) is 0 Å². The van der Waals surface area contributed by atoms with Gasteiger partial charge in [0.15, 0.2) is 0 Å². The van der Waals surface area contributed by atoms with Crippen LogP contribution in [-0.2, 0) is 32.5 Å². The van der Waals surface area contributed by atoms with Gasteiger partial charge in [0.2, 0.25) is 0 Å². The molecular formula is C36H43N3O3. The summed E-state index contributed by atoms with van der Waals surface area (Å²) in [6, 6.07) is 32.5. The SMILES string of the molecule is CCCCc1cc(OCc2ccccc2)ccc1CCNCCc1ccc(OCc2ccccc2)c(NC(=O)NC)c1. The highest BCUT2D eigenvalue weighted by molar-refractivity contribution is 5.90. The van der Waals surface area contributed by atoms with Crippen LogP contribution in [0.3, 0.4) is 0 Å². The maximum Gasteiger partial charge on any atom is 0.319 e. The van der Waals surface area contributed by atoms with Crippen molar-refractivity contribution < 1.29 is 14.3 Å². The first-order valence-corrected chi connectivity index (χ1v) is 14.9. The van der Waals surface area contributed by atoms with Crippen molar-refractivity contribution in [3.63, 3.8) is 0 Å². The van der Waals surface area contributed by atoms with Crippen molar-refractivity contribution >= 4 is 11.7 Å². The van der Waals surface area contributed by atoms with E-state index in [-0.39, 0.29) is 6.03 Å². The Morgan fingerprint density at radius 2 is 1.38 bits per heavy atom. The van der Waals surface area contributed by atoms with Crippen molar-refractivity contribution in [2.24, 2.45) is 0 Å². The number of benzene rings is 4. The second-order valence-corrected chi connectivity index (χ2v) is 10.4. The van der Waals surface area contributed by atoms with E-state index in [1.807, 2.05) is 60.7 Å². The van der Waals surface area contributed by atoms with Crippen molar-refractivity contribution in [1.29, 1.82) is 0 Å². The minimum absolute atomic E-state index is 0.273. The Morgan fingerprint density at radius 3 is 2.07 bits per heavy atom. The largest absolute Gasteiger partial charge is 0.489 e. The van der Waals surface area contributed by atoms with E-state index < -0.39 is 0 Å². The molecule has 0 aliphatic heterocycles. The van der Waals surface area contributed by atoms with Gasteiger partial charge in [-0.05, 0) is 90.9 Å². The molecular weight excluding hydrogens is 522 g/mol. The molecule has 42 heavy (non-hydrogen) atoms. The molecule has 0 aliphatic carbocycles. The number of ether oxygens (including phenoxy) is 2.